The summed E-state index contributed by atoms with van der Waals surface area (Å²) in [7, 11) is 0. The number of anilines is 1. The number of aryl methyl sites for hydroxylation is 1. The van der Waals surface area contributed by atoms with Gasteiger partial charge in [0.1, 0.15) is 6.04 Å². The second-order valence-electron chi connectivity index (χ2n) is 9.03. The summed E-state index contributed by atoms with van der Waals surface area (Å²) in [6.07, 6.45) is 3.36. The standard InChI is InChI=1S/C23H37N5O/c1-4-20-18(3)22(25-24-20)23(29)28-11-7-9-19(16-28)26-12-14-27(15-13-26)21-10-6-5-8-17(21)2/h5-6,8,10,18-20,22,24-25H,4,7,9,11-16H2,1-3H3. The van der Waals surface area contributed by atoms with E-state index in [0.29, 0.717) is 18.0 Å². The lowest BCUT2D eigenvalue weighted by Gasteiger charge is -2.44. The van der Waals surface area contributed by atoms with Crippen LogP contribution < -0.4 is 15.8 Å². The number of piperidine rings is 1. The minimum atomic E-state index is -0.0865. The monoisotopic (exact) mass is 399 g/mol. The van der Waals surface area contributed by atoms with Crippen LogP contribution in [0.4, 0.5) is 5.69 Å². The van der Waals surface area contributed by atoms with E-state index in [1.807, 2.05) is 0 Å². The number of amides is 1. The molecule has 1 aromatic carbocycles. The number of carbonyl (C=O) groups is 1. The van der Waals surface area contributed by atoms with Gasteiger partial charge in [-0.3, -0.25) is 15.1 Å². The zero-order valence-corrected chi connectivity index (χ0v) is 18.2. The van der Waals surface area contributed by atoms with E-state index in [1.165, 1.54) is 17.7 Å². The lowest BCUT2D eigenvalue weighted by molar-refractivity contribution is -0.136. The highest BCUT2D eigenvalue weighted by atomic mass is 16.2. The van der Waals surface area contributed by atoms with Gasteiger partial charge in [0, 0.05) is 57.0 Å². The predicted octanol–water partition coefficient (Wildman–Crippen LogP) is 2.00. The number of likely N-dealkylation sites (tertiary alicyclic amines) is 1. The topological polar surface area (TPSA) is 50.9 Å². The van der Waals surface area contributed by atoms with Gasteiger partial charge in [-0.1, -0.05) is 32.0 Å². The summed E-state index contributed by atoms with van der Waals surface area (Å²) in [6.45, 7) is 12.6. The summed E-state index contributed by atoms with van der Waals surface area (Å²) in [5, 5.41) is 0. The van der Waals surface area contributed by atoms with Crippen LogP contribution in [-0.4, -0.2) is 73.1 Å². The Balaban J connectivity index is 1.32. The Bertz CT molecular complexity index is 702. The molecule has 0 spiro atoms. The molecule has 3 fully saturated rings. The quantitative estimate of drug-likeness (QED) is 0.811. The Hall–Kier alpha value is -1.63. The fourth-order valence-electron chi connectivity index (χ4n) is 5.35. The third-order valence-electron chi connectivity index (χ3n) is 7.29. The van der Waals surface area contributed by atoms with E-state index in [-0.39, 0.29) is 11.9 Å². The molecule has 3 aliphatic rings. The van der Waals surface area contributed by atoms with Crippen LogP contribution in [0.2, 0.25) is 0 Å². The highest BCUT2D eigenvalue weighted by molar-refractivity contribution is 5.82. The molecule has 2 N–H and O–H groups in total. The van der Waals surface area contributed by atoms with Gasteiger partial charge in [0.2, 0.25) is 5.91 Å². The van der Waals surface area contributed by atoms with Crippen LogP contribution in [0, 0.1) is 12.8 Å². The average molecular weight is 400 g/mol. The van der Waals surface area contributed by atoms with Crippen molar-refractivity contribution in [2.24, 2.45) is 5.92 Å². The van der Waals surface area contributed by atoms with Crippen molar-refractivity contribution in [3.05, 3.63) is 29.8 Å². The normalized spacial score (nSPS) is 31.3. The first-order chi connectivity index (χ1) is 14.1. The first-order valence-corrected chi connectivity index (χ1v) is 11.4. The molecule has 4 rings (SSSR count). The minimum absolute atomic E-state index is 0.0865. The predicted molar refractivity (Wildman–Crippen MR) is 118 cm³/mol. The first kappa shape index (κ1) is 20.6. The van der Waals surface area contributed by atoms with Crippen molar-refractivity contribution in [1.29, 1.82) is 0 Å². The smallest absolute Gasteiger partial charge is 0.241 e. The van der Waals surface area contributed by atoms with Crippen LogP contribution in [0.15, 0.2) is 24.3 Å². The zero-order valence-electron chi connectivity index (χ0n) is 18.2. The SMILES string of the molecule is CCC1NNC(C(=O)N2CCCC(N3CCN(c4ccccc4C)CC3)C2)C1C. The molecular formula is C23H37N5O. The van der Waals surface area contributed by atoms with E-state index in [0.717, 1.165) is 52.1 Å². The summed E-state index contributed by atoms with van der Waals surface area (Å²) in [5.41, 5.74) is 9.30. The fourth-order valence-corrected chi connectivity index (χ4v) is 5.35. The molecule has 1 aromatic rings. The fraction of sp³-hybridized carbons (Fsp3) is 0.696. The van der Waals surface area contributed by atoms with Gasteiger partial charge in [0.25, 0.3) is 0 Å². The lowest BCUT2D eigenvalue weighted by Crippen LogP contribution is -2.58. The van der Waals surface area contributed by atoms with E-state index < -0.39 is 0 Å². The maximum absolute atomic E-state index is 13.2. The van der Waals surface area contributed by atoms with Gasteiger partial charge in [0.05, 0.1) is 0 Å². The number of nitrogens with zero attached hydrogens (tertiary/aromatic N) is 3. The van der Waals surface area contributed by atoms with Crippen molar-refractivity contribution >= 4 is 11.6 Å². The lowest BCUT2D eigenvalue weighted by atomic mass is 9.93. The molecule has 0 bridgehead atoms. The van der Waals surface area contributed by atoms with E-state index in [1.54, 1.807) is 0 Å². The third kappa shape index (κ3) is 4.30. The highest BCUT2D eigenvalue weighted by Crippen LogP contribution is 2.25. The molecule has 4 unspecified atom stereocenters. The number of rotatable bonds is 4. The van der Waals surface area contributed by atoms with Crippen LogP contribution in [0.3, 0.4) is 0 Å². The molecule has 0 saturated carbocycles. The number of hydrazine groups is 1. The molecule has 0 radical (unpaired) electrons. The van der Waals surface area contributed by atoms with Gasteiger partial charge >= 0.3 is 0 Å². The Morgan fingerprint density at radius 3 is 2.55 bits per heavy atom. The molecule has 29 heavy (non-hydrogen) atoms. The van der Waals surface area contributed by atoms with Gasteiger partial charge < -0.3 is 9.80 Å². The number of carbonyl (C=O) groups excluding carboxylic acids is 1. The number of nitrogens with one attached hydrogen (secondary N) is 2. The van der Waals surface area contributed by atoms with Crippen LogP contribution >= 0.6 is 0 Å². The van der Waals surface area contributed by atoms with E-state index in [4.69, 9.17) is 0 Å². The number of piperazine rings is 1. The summed E-state index contributed by atoms with van der Waals surface area (Å²) < 4.78 is 0. The van der Waals surface area contributed by atoms with Crippen molar-refractivity contribution in [2.45, 2.75) is 58.2 Å². The van der Waals surface area contributed by atoms with E-state index in [2.05, 4.69) is 70.6 Å². The largest absolute Gasteiger partial charge is 0.369 e. The van der Waals surface area contributed by atoms with Crippen molar-refractivity contribution in [3.8, 4) is 0 Å². The maximum Gasteiger partial charge on any atom is 0.241 e. The summed E-state index contributed by atoms with van der Waals surface area (Å²) in [5.74, 6) is 0.620. The molecule has 0 aliphatic carbocycles. The summed E-state index contributed by atoms with van der Waals surface area (Å²) in [6, 6.07) is 9.48. The molecule has 3 saturated heterocycles. The van der Waals surface area contributed by atoms with Crippen molar-refractivity contribution in [3.63, 3.8) is 0 Å². The maximum atomic E-state index is 13.2. The van der Waals surface area contributed by atoms with E-state index in [9.17, 15) is 4.79 Å². The van der Waals surface area contributed by atoms with Crippen LogP contribution in [0.1, 0.15) is 38.7 Å². The molecule has 4 atom stereocenters. The van der Waals surface area contributed by atoms with Gasteiger partial charge in [-0.15, -0.1) is 0 Å². The Morgan fingerprint density at radius 1 is 1.10 bits per heavy atom. The number of para-hydroxylation sites is 1. The second-order valence-corrected chi connectivity index (χ2v) is 9.03. The Kier molecular flexibility index (Phi) is 6.42. The molecule has 160 valence electrons. The minimum Gasteiger partial charge on any atom is -0.369 e. The van der Waals surface area contributed by atoms with Crippen LogP contribution in [0.25, 0.3) is 0 Å². The second kappa shape index (κ2) is 9.02. The summed E-state index contributed by atoms with van der Waals surface area (Å²) in [4.78, 5) is 20.4. The molecule has 0 aromatic heterocycles. The highest BCUT2D eigenvalue weighted by Gasteiger charge is 2.40. The number of hydrogen-bond donors (Lipinski definition) is 2. The number of benzene rings is 1. The van der Waals surface area contributed by atoms with Gasteiger partial charge in [-0.05, 0) is 43.7 Å². The molecule has 3 heterocycles. The summed E-state index contributed by atoms with van der Waals surface area (Å²) >= 11 is 0. The van der Waals surface area contributed by atoms with Crippen molar-refractivity contribution in [2.75, 3.05) is 44.2 Å². The van der Waals surface area contributed by atoms with Gasteiger partial charge in [-0.25, -0.2) is 5.43 Å². The van der Waals surface area contributed by atoms with Crippen LogP contribution in [0.5, 0.6) is 0 Å². The molecule has 6 nitrogen and oxygen atoms in total. The molecule has 3 aliphatic heterocycles. The number of hydrogen-bond acceptors (Lipinski definition) is 5. The molecule has 6 heteroatoms. The van der Waals surface area contributed by atoms with E-state index >= 15 is 0 Å². The first-order valence-electron chi connectivity index (χ1n) is 11.4. The van der Waals surface area contributed by atoms with Crippen molar-refractivity contribution in [1.82, 2.24) is 20.7 Å². The Morgan fingerprint density at radius 2 is 1.86 bits per heavy atom. The molecular weight excluding hydrogens is 362 g/mol. The Labute approximate surface area is 175 Å². The zero-order chi connectivity index (χ0) is 20.4. The van der Waals surface area contributed by atoms with Gasteiger partial charge in [0.15, 0.2) is 0 Å². The van der Waals surface area contributed by atoms with Crippen molar-refractivity contribution < 1.29 is 4.79 Å². The van der Waals surface area contributed by atoms with Gasteiger partial charge in [-0.2, -0.15) is 0 Å². The molecule has 1 amide bonds. The van der Waals surface area contributed by atoms with Crippen LogP contribution in [-0.2, 0) is 4.79 Å². The average Bonchev–Trinajstić information content (AvgIpc) is 3.14. The third-order valence-corrected chi connectivity index (χ3v) is 7.29.